The lowest BCUT2D eigenvalue weighted by Gasteiger charge is -2.29. The van der Waals surface area contributed by atoms with Gasteiger partial charge in [-0.2, -0.15) is 15.0 Å². The van der Waals surface area contributed by atoms with Crippen LogP contribution in [-0.2, 0) is 90.9 Å². The number of anilines is 2. The molecule has 0 bridgehead atoms. The highest BCUT2D eigenvalue weighted by atomic mass is 16.6. The number of nitrogen functional groups attached to an aromatic ring is 2. The van der Waals surface area contributed by atoms with Gasteiger partial charge in [0.2, 0.25) is 5.91 Å². The summed E-state index contributed by atoms with van der Waals surface area (Å²) in [6.07, 6.45) is 21.2. The number of aromatic nitrogens is 5. The number of nitrogens with two attached hydrogens (primary N) is 2. The largest absolute Gasteiger partial charge is 0.464 e. The van der Waals surface area contributed by atoms with Crippen LogP contribution in [0.4, 0.5) is 16.6 Å². The van der Waals surface area contributed by atoms with Crippen LogP contribution >= 0.6 is 0 Å². The van der Waals surface area contributed by atoms with E-state index in [4.69, 9.17) is 68.4 Å². The molecule has 2 aromatic carbocycles. The predicted molar refractivity (Wildman–Crippen MR) is 402 cm³/mol. The van der Waals surface area contributed by atoms with Crippen LogP contribution < -0.4 is 16.8 Å². The SMILES string of the molecule is COC(CC1CCCC(C=O)O1)/C(C)=C/C=C/C=C/C(C)CC(C)C(=O)CC(N=O)/C(C)=C/C(C)C(=O)CC(CCC1CCC(OC(=O)NCCOCCOCCOCCOCCOCCOCCC(=O)N2CCc3cc(Cn4nc(-c5ccc6oc(N)nc6c5)c5c(N)ncnc54)ccc3C2)CC1)OC=O. The van der Waals surface area contributed by atoms with Gasteiger partial charge in [-0.1, -0.05) is 80.6 Å². The molecule has 2 amide bonds. The second-order valence-electron chi connectivity index (χ2n) is 28.0. The Morgan fingerprint density at radius 2 is 1.50 bits per heavy atom. The highest BCUT2D eigenvalue weighted by Crippen LogP contribution is 2.35. The average molecular weight is 1490 g/mol. The fourth-order valence-electron chi connectivity index (χ4n) is 13.7. The molecule has 584 valence electrons. The number of nitrogens with one attached hydrogen (secondary N) is 1. The number of carbonyl (C=O) groups excluding carboxylic acids is 6. The number of aldehydes is 1. The Labute approximate surface area is 626 Å². The van der Waals surface area contributed by atoms with E-state index in [1.807, 2.05) is 72.9 Å². The minimum Gasteiger partial charge on any atom is -0.464 e. The summed E-state index contributed by atoms with van der Waals surface area (Å²) in [5.74, 6) is -0.382. The third kappa shape index (κ3) is 27.9. The molecule has 3 aromatic heterocycles. The van der Waals surface area contributed by atoms with Crippen molar-refractivity contribution in [3.05, 3.63) is 112 Å². The number of allylic oxidation sites excluding steroid dienone is 6. The number of methoxy groups -OCH3 is 1. The summed E-state index contributed by atoms with van der Waals surface area (Å²) < 4.78 is 63.6. The Bertz CT molecular complexity index is 3770. The zero-order valence-corrected chi connectivity index (χ0v) is 63.0. The standard InChI is InChI=1S/C79H110N10O18/c1-53(11-8-7-9-12-54(2)72(97-6)46-65-13-10-14-66(50-90)105-65)41-56(4)70(93)47-67(87-96)55(3)42-57(5)69(92)45-64(104-52-91)23-18-58-16-21-63(22-17-58)106-79(95)82-27-30-99-32-34-101-36-38-103-40-39-102-37-35-100-33-31-98-29-26-73(94)88-28-25-60-43-59(15-19-62(60)49-88)48-89-77-74(76(80)83-51-84-77)75(86-89)61-20-24-71-68(44-61)85-78(81)107-71/h7-9,11-12,15,19-20,24,42-44,50-53,56-58,63-67,72H,10,13-14,16-18,21-23,25-41,45-49H2,1-6H3,(H2,81,85)(H,82,95)(H2,80,83,84)/b9-7+,11-8+,54-12+,55-42+. The molecule has 8 unspecified atom stereocenters. The third-order valence-corrected chi connectivity index (χ3v) is 19.8. The van der Waals surface area contributed by atoms with Crippen LogP contribution in [0.3, 0.4) is 0 Å². The summed E-state index contributed by atoms with van der Waals surface area (Å²) >= 11 is 0. The quantitative estimate of drug-likeness (QED) is 0.0107. The summed E-state index contributed by atoms with van der Waals surface area (Å²) in [5.41, 5.74) is 20.3. The smallest absolute Gasteiger partial charge is 0.407 e. The molecule has 28 heteroatoms. The van der Waals surface area contributed by atoms with E-state index < -0.39 is 24.2 Å². The minimum atomic E-state index is -0.907. The Balaban J connectivity index is 0.573. The molecule has 5 heterocycles. The van der Waals surface area contributed by atoms with Crippen LogP contribution in [0.15, 0.2) is 99.9 Å². The first kappa shape index (κ1) is 84.1. The average Bonchev–Trinajstić information content (AvgIpc) is 1.61. The maximum atomic E-state index is 13.4. The van der Waals surface area contributed by atoms with Gasteiger partial charge in [0.1, 0.15) is 65.6 Å². The number of benzene rings is 2. The number of Topliss-reactive ketones (excluding diaryl/α,β-unsaturated/α-hetero) is 2. The lowest BCUT2D eigenvalue weighted by Crippen LogP contribution is -2.36. The second kappa shape index (κ2) is 45.4. The van der Waals surface area contributed by atoms with Crippen molar-refractivity contribution in [1.29, 1.82) is 0 Å². The first-order chi connectivity index (χ1) is 51.9. The van der Waals surface area contributed by atoms with Crippen molar-refractivity contribution in [3.8, 4) is 11.3 Å². The maximum Gasteiger partial charge on any atom is 0.407 e. The zero-order valence-electron chi connectivity index (χ0n) is 63.0. The fourth-order valence-corrected chi connectivity index (χ4v) is 13.7. The van der Waals surface area contributed by atoms with Gasteiger partial charge in [-0.3, -0.25) is 19.2 Å². The third-order valence-electron chi connectivity index (χ3n) is 19.8. The number of oxazole rings is 1. The Hall–Kier alpha value is -8.48. The number of nitrogens with zero attached hydrogens (tertiary/aromatic N) is 7. The molecule has 1 aliphatic carbocycles. The molecule has 2 aliphatic heterocycles. The molecule has 1 saturated carbocycles. The molecule has 107 heavy (non-hydrogen) atoms. The van der Waals surface area contributed by atoms with E-state index in [1.165, 1.54) is 11.9 Å². The molecule has 2 fully saturated rings. The lowest BCUT2D eigenvalue weighted by molar-refractivity contribution is -0.137. The minimum absolute atomic E-state index is 0.00982. The Morgan fingerprint density at radius 3 is 2.19 bits per heavy atom. The zero-order chi connectivity index (χ0) is 76.3. The molecule has 3 aliphatic rings. The summed E-state index contributed by atoms with van der Waals surface area (Å²) in [6, 6.07) is 11.0. The van der Waals surface area contributed by atoms with Gasteiger partial charge in [-0.15, -0.1) is 0 Å². The molecule has 8 rings (SSSR count). The van der Waals surface area contributed by atoms with Crippen LogP contribution in [0.2, 0.25) is 0 Å². The molecule has 5 aromatic rings. The first-order valence-corrected chi connectivity index (χ1v) is 37.6. The monoisotopic (exact) mass is 1490 g/mol. The van der Waals surface area contributed by atoms with Gasteiger partial charge in [-0.25, -0.2) is 19.4 Å². The summed E-state index contributed by atoms with van der Waals surface area (Å²) in [5, 5.41) is 11.6. The Kier molecular flexibility index (Phi) is 35.7. The van der Waals surface area contributed by atoms with E-state index in [0.717, 1.165) is 73.5 Å². The van der Waals surface area contributed by atoms with E-state index in [1.54, 1.807) is 33.1 Å². The fraction of sp³-hybridized carbons (Fsp3) is 0.595. The van der Waals surface area contributed by atoms with E-state index in [2.05, 4.69) is 43.6 Å². The number of fused-ring (bicyclic) bond motifs is 3. The number of carbonyl (C=O) groups is 6. The summed E-state index contributed by atoms with van der Waals surface area (Å²) in [6.45, 7) is 16.1. The van der Waals surface area contributed by atoms with Gasteiger partial charge in [0.15, 0.2) is 11.2 Å². The topological polar surface area (TPSA) is 361 Å². The van der Waals surface area contributed by atoms with Gasteiger partial charge in [0.25, 0.3) is 12.5 Å². The molecule has 0 radical (unpaired) electrons. The second-order valence-corrected chi connectivity index (χ2v) is 28.0. The number of hydrogen-bond acceptors (Lipinski definition) is 25. The van der Waals surface area contributed by atoms with Gasteiger partial charge in [0, 0.05) is 63.4 Å². The Morgan fingerprint density at radius 1 is 0.785 bits per heavy atom. The highest BCUT2D eigenvalue weighted by molar-refractivity contribution is 5.99. The van der Waals surface area contributed by atoms with Gasteiger partial charge < -0.3 is 78.3 Å². The van der Waals surface area contributed by atoms with Crippen molar-refractivity contribution >= 4 is 70.3 Å². The normalized spacial score (nSPS) is 19.0. The van der Waals surface area contributed by atoms with E-state index in [9.17, 15) is 33.7 Å². The number of rotatable bonds is 49. The number of ketones is 2. The van der Waals surface area contributed by atoms with Gasteiger partial charge >= 0.3 is 6.09 Å². The first-order valence-electron chi connectivity index (χ1n) is 37.6. The number of alkyl carbamates (subject to hydrolysis) is 1. The number of nitroso groups, excluding NO2 is 1. The van der Waals surface area contributed by atoms with Crippen LogP contribution in [-0.4, -0.2) is 202 Å². The summed E-state index contributed by atoms with van der Waals surface area (Å²) in [4.78, 5) is 102. The molecule has 0 spiro atoms. The van der Waals surface area contributed by atoms with E-state index in [0.29, 0.717) is 183 Å². The highest BCUT2D eigenvalue weighted by Gasteiger charge is 2.30. The molecular weight excluding hydrogens is 1380 g/mol. The van der Waals surface area contributed by atoms with Crippen molar-refractivity contribution < 1.29 is 80.6 Å². The van der Waals surface area contributed by atoms with Crippen molar-refractivity contribution in [1.82, 2.24) is 34.9 Å². The van der Waals surface area contributed by atoms with E-state index in [-0.39, 0.29) is 85.5 Å². The molecular formula is C79H110N10O18. The number of amides is 2. The van der Waals surface area contributed by atoms with Crippen LogP contribution in [0.25, 0.3) is 33.4 Å². The molecule has 1 saturated heterocycles. The van der Waals surface area contributed by atoms with Crippen molar-refractivity contribution in [2.75, 3.05) is 111 Å². The van der Waals surface area contributed by atoms with Gasteiger partial charge in [-0.05, 0) is 142 Å². The number of ether oxygens (including phenoxy) is 10. The van der Waals surface area contributed by atoms with Crippen molar-refractivity contribution in [2.45, 2.75) is 181 Å². The molecule has 28 nitrogen and oxygen atoms in total. The van der Waals surface area contributed by atoms with Crippen LogP contribution in [0.1, 0.15) is 141 Å². The van der Waals surface area contributed by atoms with Crippen molar-refractivity contribution in [2.24, 2.45) is 28.8 Å². The van der Waals surface area contributed by atoms with Gasteiger partial charge in [0.05, 0.1) is 110 Å². The summed E-state index contributed by atoms with van der Waals surface area (Å²) in [7, 11) is 1.67. The predicted octanol–water partition coefficient (Wildman–Crippen LogP) is 10.7. The number of hydrogen-bond donors (Lipinski definition) is 3. The molecule has 5 N–H and O–H groups in total. The van der Waals surface area contributed by atoms with Crippen LogP contribution in [0.5, 0.6) is 0 Å². The van der Waals surface area contributed by atoms with Crippen LogP contribution in [0, 0.1) is 28.6 Å². The van der Waals surface area contributed by atoms with E-state index >= 15 is 0 Å². The lowest BCUT2D eigenvalue weighted by atomic mass is 9.83. The maximum absolute atomic E-state index is 13.4. The molecule has 8 atom stereocenters. The van der Waals surface area contributed by atoms with Crippen molar-refractivity contribution in [3.63, 3.8) is 0 Å².